The van der Waals surface area contributed by atoms with Gasteiger partial charge in [0.05, 0.1) is 24.2 Å². The Balaban J connectivity index is 1.43. The molecule has 1 aliphatic heterocycles. The minimum atomic E-state index is -0.379. The Hall–Kier alpha value is -3.40. The second-order valence-electron chi connectivity index (χ2n) is 8.49. The normalized spacial score (nSPS) is 16.2. The second-order valence-corrected chi connectivity index (χ2v) is 8.92. The summed E-state index contributed by atoms with van der Waals surface area (Å²) in [7, 11) is 0. The van der Waals surface area contributed by atoms with Crippen LogP contribution < -0.4 is 5.56 Å². The van der Waals surface area contributed by atoms with Crippen molar-refractivity contribution in [2.45, 2.75) is 32.2 Å². The minimum absolute atomic E-state index is 0.172. The molecule has 1 aliphatic carbocycles. The van der Waals surface area contributed by atoms with Gasteiger partial charge in [-0.3, -0.25) is 9.59 Å². The molecule has 5 rings (SSSR count). The number of aromatic nitrogens is 4. The van der Waals surface area contributed by atoms with Gasteiger partial charge in [-0.15, -0.1) is 0 Å². The molecule has 1 saturated carbocycles. The van der Waals surface area contributed by atoms with Gasteiger partial charge in [-0.05, 0) is 38.0 Å². The average molecular weight is 485 g/mol. The summed E-state index contributed by atoms with van der Waals surface area (Å²) in [5.74, 6) is 0.0441. The van der Waals surface area contributed by atoms with Crippen LogP contribution in [0.4, 0.5) is 4.79 Å². The fourth-order valence-corrected chi connectivity index (χ4v) is 4.43. The van der Waals surface area contributed by atoms with Crippen molar-refractivity contribution in [2.24, 2.45) is 0 Å². The summed E-state index contributed by atoms with van der Waals surface area (Å²) in [5, 5.41) is 10.3. The first-order valence-electron chi connectivity index (χ1n) is 11.4. The van der Waals surface area contributed by atoms with Crippen LogP contribution in [-0.2, 0) is 16.1 Å². The molecule has 34 heavy (non-hydrogen) atoms. The van der Waals surface area contributed by atoms with Crippen LogP contribution in [0.3, 0.4) is 0 Å². The standard InChI is InChI=1S/C23H25ClN6O4/c1-2-34-23(33)28-10-8-27(9-11-28)19(31)14-29-22(32)21-18(20(26-29)15-6-7-15)13-25-30(21)17-5-3-4-16(24)12-17/h3-5,12-13,15H,2,6-11,14H2,1H3. The lowest BCUT2D eigenvalue weighted by Gasteiger charge is -2.34. The van der Waals surface area contributed by atoms with E-state index in [9.17, 15) is 14.4 Å². The Bertz CT molecular complexity index is 1310. The summed E-state index contributed by atoms with van der Waals surface area (Å²) in [6.07, 6.45) is 3.28. The number of benzene rings is 1. The summed E-state index contributed by atoms with van der Waals surface area (Å²) < 4.78 is 7.84. The number of hydrogen-bond acceptors (Lipinski definition) is 6. The molecule has 11 heteroatoms. The number of fused-ring (bicyclic) bond motifs is 1. The number of carbonyl (C=O) groups excluding carboxylic acids is 2. The van der Waals surface area contributed by atoms with Gasteiger partial charge in [-0.1, -0.05) is 17.7 Å². The summed E-state index contributed by atoms with van der Waals surface area (Å²) in [5.41, 5.74) is 1.47. The lowest BCUT2D eigenvalue weighted by molar-refractivity contribution is -0.133. The number of halogens is 1. The highest BCUT2D eigenvalue weighted by atomic mass is 35.5. The molecule has 10 nitrogen and oxygen atoms in total. The summed E-state index contributed by atoms with van der Waals surface area (Å²) in [6.45, 7) is 3.43. The number of hydrogen-bond donors (Lipinski definition) is 0. The molecule has 2 aliphatic rings. The van der Waals surface area contributed by atoms with Crippen molar-refractivity contribution in [1.82, 2.24) is 29.4 Å². The van der Waals surface area contributed by atoms with E-state index in [0.717, 1.165) is 18.5 Å². The van der Waals surface area contributed by atoms with E-state index in [1.165, 1.54) is 4.68 Å². The van der Waals surface area contributed by atoms with E-state index < -0.39 is 0 Å². The number of ether oxygens (including phenoxy) is 1. The molecular formula is C23H25ClN6O4. The number of amides is 2. The topological polar surface area (TPSA) is 103 Å². The maximum atomic E-state index is 13.5. The molecule has 2 amide bonds. The highest BCUT2D eigenvalue weighted by Gasteiger charge is 2.31. The Morgan fingerprint density at radius 2 is 1.88 bits per heavy atom. The van der Waals surface area contributed by atoms with Crippen molar-refractivity contribution >= 4 is 34.5 Å². The largest absolute Gasteiger partial charge is 0.450 e. The number of piperazine rings is 1. The van der Waals surface area contributed by atoms with Gasteiger partial charge in [0.1, 0.15) is 12.1 Å². The van der Waals surface area contributed by atoms with Gasteiger partial charge in [0.15, 0.2) is 0 Å². The first-order valence-corrected chi connectivity index (χ1v) is 11.8. The summed E-state index contributed by atoms with van der Waals surface area (Å²) >= 11 is 6.16. The molecule has 0 radical (unpaired) electrons. The Kier molecular flexibility index (Phi) is 5.99. The van der Waals surface area contributed by atoms with Gasteiger partial charge in [-0.2, -0.15) is 10.2 Å². The smallest absolute Gasteiger partial charge is 0.409 e. The quantitative estimate of drug-likeness (QED) is 0.551. The molecule has 3 aromatic rings. The SMILES string of the molecule is CCOC(=O)N1CCN(C(=O)Cn2nc(C3CC3)c3cnn(-c4cccc(Cl)c4)c3c2=O)CC1. The van der Waals surface area contributed by atoms with Gasteiger partial charge >= 0.3 is 6.09 Å². The zero-order valence-corrected chi connectivity index (χ0v) is 19.6. The molecule has 0 bridgehead atoms. The Morgan fingerprint density at radius 3 is 2.56 bits per heavy atom. The average Bonchev–Trinajstić information content (AvgIpc) is 3.58. The molecular weight excluding hydrogens is 460 g/mol. The predicted molar refractivity (Wildman–Crippen MR) is 125 cm³/mol. The third-order valence-corrected chi connectivity index (χ3v) is 6.41. The molecule has 178 valence electrons. The second kappa shape index (κ2) is 9.09. The van der Waals surface area contributed by atoms with Crippen LogP contribution >= 0.6 is 11.6 Å². The van der Waals surface area contributed by atoms with Crippen LogP contribution in [0.25, 0.3) is 16.6 Å². The summed E-state index contributed by atoms with van der Waals surface area (Å²) in [4.78, 5) is 41.7. The van der Waals surface area contributed by atoms with Gasteiger partial charge in [0.25, 0.3) is 5.56 Å². The van der Waals surface area contributed by atoms with E-state index in [4.69, 9.17) is 16.3 Å². The first kappa shape index (κ1) is 22.4. The molecule has 3 heterocycles. The van der Waals surface area contributed by atoms with Gasteiger partial charge < -0.3 is 14.5 Å². The van der Waals surface area contributed by atoms with Crippen molar-refractivity contribution in [2.75, 3.05) is 32.8 Å². The fraction of sp³-hybridized carbons (Fsp3) is 0.435. The third-order valence-electron chi connectivity index (χ3n) is 6.17. The third kappa shape index (κ3) is 4.25. The van der Waals surface area contributed by atoms with Crippen LogP contribution in [0.5, 0.6) is 0 Å². The zero-order chi connectivity index (χ0) is 23.8. The molecule has 2 aromatic heterocycles. The molecule has 2 fully saturated rings. The Labute approximate surface area is 200 Å². The number of rotatable bonds is 5. The first-order chi connectivity index (χ1) is 16.5. The van der Waals surface area contributed by atoms with Crippen LogP contribution in [0, 0.1) is 0 Å². The van der Waals surface area contributed by atoms with Crippen LogP contribution in [0.1, 0.15) is 31.4 Å². The number of carbonyl (C=O) groups is 2. The van der Waals surface area contributed by atoms with E-state index >= 15 is 0 Å². The van der Waals surface area contributed by atoms with E-state index in [-0.39, 0.29) is 30.0 Å². The van der Waals surface area contributed by atoms with E-state index in [2.05, 4.69) is 10.2 Å². The van der Waals surface area contributed by atoms with Gasteiger partial charge in [0, 0.05) is 42.5 Å². The fourth-order valence-electron chi connectivity index (χ4n) is 4.24. The molecule has 0 N–H and O–H groups in total. The minimum Gasteiger partial charge on any atom is -0.450 e. The lowest BCUT2D eigenvalue weighted by Crippen LogP contribution is -2.51. The van der Waals surface area contributed by atoms with Crippen molar-refractivity contribution in [1.29, 1.82) is 0 Å². The molecule has 1 saturated heterocycles. The monoisotopic (exact) mass is 484 g/mol. The molecule has 0 atom stereocenters. The van der Waals surface area contributed by atoms with Crippen molar-refractivity contribution in [3.05, 3.63) is 51.5 Å². The zero-order valence-electron chi connectivity index (χ0n) is 18.8. The maximum absolute atomic E-state index is 13.5. The van der Waals surface area contributed by atoms with Crippen LogP contribution in [0.2, 0.25) is 5.02 Å². The summed E-state index contributed by atoms with van der Waals surface area (Å²) in [6, 6.07) is 7.12. The Morgan fingerprint density at radius 1 is 1.15 bits per heavy atom. The van der Waals surface area contributed by atoms with Crippen LogP contribution in [0.15, 0.2) is 35.3 Å². The highest BCUT2D eigenvalue weighted by molar-refractivity contribution is 6.30. The van der Waals surface area contributed by atoms with Gasteiger partial charge in [0.2, 0.25) is 5.91 Å². The van der Waals surface area contributed by atoms with E-state index in [0.29, 0.717) is 54.4 Å². The van der Waals surface area contributed by atoms with Crippen molar-refractivity contribution < 1.29 is 14.3 Å². The van der Waals surface area contributed by atoms with E-state index in [1.54, 1.807) is 45.8 Å². The molecule has 0 spiro atoms. The predicted octanol–water partition coefficient (Wildman–Crippen LogP) is 2.41. The van der Waals surface area contributed by atoms with E-state index in [1.807, 2.05) is 6.07 Å². The maximum Gasteiger partial charge on any atom is 0.409 e. The van der Waals surface area contributed by atoms with Gasteiger partial charge in [-0.25, -0.2) is 14.2 Å². The highest BCUT2D eigenvalue weighted by Crippen LogP contribution is 2.41. The lowest BCUT2D eigenvalue weighted by atomic mass is 10.2. The van der Waals surface area contributed by atoms with Crippen LogP contribution in [-0.4, -0.2) is 74.1 Å². The molecule has 1 aromatic carbocycles. The van der Waals surface area contributed by atoms with Crippen molar-refractivity contribution in [3.8, 4) is 5.69 Å². The van der Waals surface area contributed by atoms with Crippen molar-refractivity contribution in [3.63, 3.8) is 0 Å². The molecule has 0 unspecified atom stereocenters. The number of nitrogens with zero attached hydrogens (tertiary/aromatic N) is 6.